The van der Waals surface area contributed by atoms with Crippen LogP contribution in [0.1, 0.15) is 25.0 Å². The molecule has 0 aliphatic heterocycles. The molecular formula is C18H24N2O. The van der Waals surface area contributed by atoms with Crippen LogP contribution in [0.3, 0.4) is 0 Å². The lowest BCUT2D eigenvalue weighted by Gasteiger charge is -2.26. The molecule has 2 N–H and O–H groups in total. The number of nitrogens with zero attached hydrogens (tertiary/aromatic N) is 1. The number of hydrogen-bond donors (Lipinski definition) is 1. The van der Waals surface area contributed by atoms with E-state index in [9.17, 15) is 0 Å². The van der Waals surface area contributed by atoms with Crippen molar-refractivity contribution in [2.24, 2.45) is 0 Å². The molecule has 0 spiro atoms. The third kappa shape index (κ3) is 3.69. The van der Waals surface area contributed by atoms with E-state index in [4.69, 9.17) is 10.5 Å². The van der Waals surface area contributed by atoms with Crippen molar-refractivity contribution in [1.82, 2.24) is 0 Å². The number of para-hydroxylation sites is 1. The molecule has 3 heteroatoms. The Kier molecular flexibility index (Phi) is 5.09. The van der Waals surface area contributed by atoms with E-state index in [1.165, 1.54) is 11.3 Å². The van der Waals surface area contributed by atoms with E-state index in [1.54, 1.807) is 0 Å². The third-order valence-electron chi connectivity index (χ3n) is 3.58. The van der Waals surface area contributed by atoms with Gasteiger partial charge in [0.2, 0.25) is 0 Å². The van der Waals surface area contributed by atoms with Gasteiger partial charge in [-0.1, -0.05) is 18.2 Å². The van der Waals surface area contributed by atoms with Gasteiger partial charge in [-0.25, -0.2) is 0 Å². The smallest absolute Gasteiger partial charge is 0.124 e. The Morgan fingerprint density at radius 1 is 1.10 bits per heavy atom. The van der Waals surface area contributed by atoms with Crippen LogP contribution in [0.4, 0.5) is 11.4 Å². The van der Waals surface area contributed by atoms with Crippen molar-refractivity contribution >= 4 is 11.4 Å². The van der Waals surface area contributed by atoms with Crippen molar-refractivity contribution in [2.75, 3.05) is 23.8 Å². The Bertz CT molecular complexity index is 596. The zero-order chi connectivity index (χ0) is 15.2. The molecule has 0 radical (unpaired) electrons. The highest BCUT2D eigenvalue weighted by atomic mass is 16.5. The van der Waals surface area contributed by atoms with Gasteiger partial charge >= 0.3 is 0 Å². The summed E-state index contributed by atoms with van der Waals surface area (Å²) in [5, 5.41) is 0. The van der Waals surface area contributed by atoms with E-state index >= 15 is 0 Å². The van der Waals surface area contributed by atoms with E-state index < -0.39 is 0 Å². The molecule has 2 rings (SSSR count). The summed E-state index contributed by atoms with van der Waals surface area (Å²) in [5.74, 6) is 0.915. The first-order valence-electron chi connectivity index (χ1n) is 7.47. The summed E-state index contributed by atoms with van der Waals surface area (Å²) >= 11 is 0. The lowest BCUT2D eigenvalue weighted by atomic mass is 10.1. The fourth-order valence-corrected chi connectivity index (χ4v) is 2.51. The normalized spacial score (nSPS) is 10.4. The molecule has 0 aliphatic carbocycles. The van der Waals surface area contributed by atoms with Crippen molar-refractivity contribution in [3.05, 3.63) is 53.6 Å². The van der Waals surface area contributed by atoms with Crippen molar-refractivity contribution in [3.63, 3.8) is 0 Å². The average Bonchev–Trinajstić information content (AvgIpc) is 2.48. The first-order valence-corrected chi connectivity index (χ1v) is 7.47. The molecule has 0 unspecified atom stereocenters. The van der Waals surface area contributed by atoms with Gasteiger partial charge in [0.25, 0.3) is 0 Å². The summed E-state index contributed by atoms with van der Waals surface area (Å²) in [6.07, 6.45) is 0. The first kappa shape index (κ1) is 15.2. The Balaban J connectivity index is 2.30. The predicted octanol–water partition coefficient (Wildman–Crippen LogP) is 4.00. The molecule has 0 bridgehead atoms. The Morgan fingerprint density at radius 3 is 2.52 bits per heavy atom. The molecule has 0 heterocycles. The molecule has 21 heavy (non-hydrogen) atoms. The van der Waals surface area contributed by atoms with Crippen LogP contribution in [-0.4, -0.2) is 13.2 Å². The molecule has 0 fully saturated rings. The van der Waals surface area contributed by atoms with Crippen LogP contribution in [0, 0.1) is 6.92 Å². The zero-order valence-corrected chi connectivity index (χ0v) is 13.1. The lowest BCUT2D eigenvalue weighted by Crippen LogP contribution is -2.23. The number of aryl methyl sites for hydroxylation is 1. The number of benzene rings is 2. The van der Waals surface area contributed by atoms with Crippen LogP contribution in [0.5, 0.6) is 5.75 Å². The highest BCUT2D eigenvalue weighted by Gasteiger charge is 2.11. The molecule has 0 saturated carbocycles. The van der Waals surface area contributed by atoms with Gasteiger partial charge in [0.1, 0.15) is 5.75 Å². The topological polar surface area (TPSA) is 38.5 Å². The van der Waals surface area contributed by atoms with Gasteiger partial charge in [-0.3, -0.25) is 0 Å². The van der Waals surface area contributed by atoms with Crippen LogP contribution >= 0.6 is 0 Å². The largest absolute Gasteiger partial charge is 0.494 e. The minimum Gasteiger partial charge on any atom is -0.494 e. The lowest BCUT2D eigenvalue weighted by molar-refractivity contribution is 0.336. The highest BCUT2D eigenvalue weighted by Crippen LogP contribution is 2.27. The van der Waals surface area contributed by atoms with Gasteiger partial charge in [0.15, 0.2) is 0 Å². The molecule has 0 amide bonds. The summed E-state index contributed by atoms with van der Waals surface area (Å²) < 4.78 is 5.72. The van der Waals surface area contributed by atoms with Gasteiger partial charge in [-0.05, 0) is 50.6 Å². The number of rotatable bonds is 6. The second-order valence-electron chi connectivity index (χ2n) is 5.10. The summed E-state index contributed by atoms with van der Waals surface area (Å²) in [6, 6.07) is 14.3. The summed E-state index contributed by atoms with van der Waals surface area (Å²) in [6.45, 7) is 8.69. The van der Waals surface area contributed by atoms with Crippen LogP contribution in [0.25, 0.3) is 0 Å². The van der Waals surface area contributed by atoms with Crippen molar-refractivity contribution in [3.8, 4) is 5.75 Å². The zero-order valence-electron chi connectivity index (χ0n) is 13.1. The summed E-state index contributed by atoms with van der Waals surface area (Å²) in [5.41, 5.74) is 10.4. The van der Waals surface area contributed by atoms with Gasteiger partial charge < -0.3 is 15.4 Å². The molecule has 3 nitrogen and oxygen atoms in total. The SMILES string of the molecule is CCOc1ccc(N)cc1CN(CC)c1ccccc1C. The maximum absolute atomic E-state index is 5.94. The number of nitrogen functional groups attached to an aromatic ring is 1. The summed E-state index contributed by atoms with van der Waals surface area (Å²) in [4.78, 5) is 2.34. The number of anilines is 2. The number of hydrogen-bond acceptors (Lipinski definition) is 3. The molecule has 2 aromatic rings. The van der Waals surface area contributed by atoms with E-state index in [0.29, 0.717) is 6.61 Å². The fraction of sp³-hybridized carbons (Fsp3) is 0.333. The Hall–Kier alpha value is -2.16. The molecule has 2 aromatic carbocycles. The maximum Gasteiger partial charge on any atom is 0.124 e. The van der Waals surface area contributed by atoms with Crippen LogP contribution in [0.15, 0.2) is 42.5 Å². The minimum absolute atomic E-state index is 0.660. The standard InChI is InChI=1S/C18H24N2O/c1-4-20(17-9-7-6-8-14(17)3)13-15-12-16(19)10-11-18(15)21-5-2/h6-12H,4-5,13,19H2,1-3H3. The van der Waals surface area contributed by atoms with Crippen molar-refractivity contribution in [2.45, 2.75) is 27.3 Å². The minimum atomic E-state index is 0.660. The predicted molar refractivity (Wildman–Crippen MR) is 89.9 cm³/mol. The first-order chi connectivity index (χ1) is 10.2. The van der Waals surface area contributed by atoms with Crippen molar-refractivity contribution < 1.29 is 4.74 Å². The van der Waals surface area contributed by atoms with Crippen LogP contribution < -0.4 is 15.4 Å². The molecular weight excluding hydrogens is 260 g/mol. The molecule has 0 atom stereocenters. The Labute approximate surface area is 127 Å². The quantitative estimate of drug-likeness (QED) is 0.815. The highest BCUT2D eigenvalue weighted by molar-refractivity contribution is 5.55. The maximum atomic E-state index is 5.94. The number of ether oxygens (including phenoxy) is 1. The molecule has 0 aliphatic rings. The monoisotopic (exact) mass is 284 g/mol. The van der Waals surface area contributed by atoms with E-state index in [0.717, 1.165) is 30.1 Å². The van der Waals surface area contributed by atoms with Gasteiger partial charge in [0, 0.05) is 30.0 Å². The van der Waals surface area contributed by atoms with E-state index in [1.807, 2.05) is 25.1 Å². The van der Waals surface area contributed by atoms with Gasteiger partial charge in [0.05, 0.1) is 6.61 Å². The average molecular weight is 284 g/mol. The summed E-state index contributed by atoms with van der Waals surface area (Å²) in [7, 11) is 0. The van der Waals surface area contributed by atoms with Crippen molar-refractivity contribution in [1.29, 1.82) is 0 Å². The second-order valence-corrected chi connectivity index (χ2v) is 5.10. The fourth-order valence-electron chi connectivity index (χ4n) is 2.51. The van der Waals surface area contributed by atoms with Gasteiger partial charge in [-0.2, -0.15) is 0 Å². The van der Waals surface area contributed by atoms with Gasteiger partial charge in [-0.15, -0.1) is 0 Å². The van der Waals surface area contributed by atoms with E-state index in [2.05, 4.69) is 43.0 Å². The Morgan fingerprint density at radius 2 is 1.86 bits per heavy atom. The third-order valence-corrected chi connectivity index (χ3v) is 3.58. The molecule has 112 valence electrons. The number of nitrogens with two attached hydrogens (primary N) is 1. The van der Waals surface area contributed by atoms with Crippen LogP contribution in [-0.2, 0) is 6.54 Å². The molecule has 0 saturated heterocycles. The molecule has 0 aromatic heterocycles. The second kappa shape index (κ2) is 7.02. The van der Waals surface area contributed by atoms with E-state index in [-0.39, 0.29) is 0 Å². The van der Waals surface area contributed by atoms with Crippen LogP contribution in [0.2, 0.25) is 0 Å².